The van der Waals surface area contributed by atoms with Crippen molar-refractivity contribution in [3.8, 4) is 0 Å². The van der Waals surface area contributed by atoms with Crippen molar-refractivity contribution in [1.82, 2.24) is 9.80 Å². The molecule has 176 valence electrons. The van der Waals surface area contributed by atoms with E-state index in [2.05, 4.69) is 41.3 Å². The number of rotatable bonds is 4. The number of fused-ring (bicyclic) bond motifs is 2. The lowest BCUT2D eigenvalue weighted by molar-refractivity contribution is -0.134. The topological polar surface area (TPSA) is 81.1 Å². The number of nitrogens with zero attached hydrogens (tertiary/aromatic N) is 2. The van der Waals surface area contributed by atoms with E-state index in [1.165, 1.54) is 20.9 Å². The van der Waals surface area contributed by atoms with Gasteiger partial charge in [0.25, 0.3) is 0 Å². The highest BCUT2D eigenvalue weighted by molar-refractivity contribution is 7.99. The van der Waals surface area contributed by atoms with Crippen molar-refractivity contribution >= 4 is 35.5 Å². The molecule has 2 aromatic carbocycles. The summed E-state index contributed by atoms with van der Waals surface area (Å²) in [6, 6.07) is 12.4. The van der Waals surface area contributed by atoms with Crippen LogP contribution in [-0.2, 0) is 16.0 Å². The standard InChI is InChI=1S/C20H23FN2S2.C4H4O4/c1-22-7-9-23(10-8-22)18-11-14-3-4-15(21)12-20(14)25-19-6-5-16(24-2)13-17(18)19;5-3(6)1-2-4(7)8/h3-6,12-13,18H,7-11H2,1-2H3;1-2H,(H,5,6)(H,7,8). The molecule has 1 atom stereocenters. The van der Waals surface area contributed by atoms with E-state index >= 15 is 0 Å². The van der Waals surface area contributed by atoms with E-state index in [0.29, 0.717) is 18.2 Å². The summed E-state index contributed by atoms with van der Waals surface area (Å²) in [6.45, 7) is 4.39. The Hall–Kier alpha value is -2.33. The predicted octanol–water partition coefficient (Wildman–Crippen LogP) is 4.26. The smallest absolute Gasteiger partial charge is 0.328 e. The Morgan fingerprint density at radius 2 is 1.70 bits per heavy atom. The Morgan fingerprint density at radius 3 is 2.30 bits per heavy atom. The minimum atomic E-state index is -1.26. The zero-order valence-corrected chi connectivity index (χ0v) is 20.2. The lowest BCUT2D eigenvalue weighted by atomic mass is 9.96. The maximum atomic E-state index is 13.8. The number of thioether (sulfide) groups is 1. The minimum Gasteiger partial charge on any atom is -0.478 e. The van der Waals surface area contributed by atoms with Crippen LogP contribution in [0.15, 0.2) is 63.2 Å². The number of carbonyl (C=O) groups is 2. The lowest BCUT2D eigenvalue weighted by Crippen LogP contribution is -2.46. The third-order valence-corrected chi connectivity index (χ3v) is 7.50. The Morgan fingerprint density at radius 1 is 1.03 bits per heavy atom. The van der Waals surface area contributed by atoms with Gasteiger partial charge in [0, 0.05) is 59.1 Å². The predicted molar refractivity (Wildman–Crippen MR) is 129 cm³/mol. The fourth-order valence-corrected chi connectivity index (χ4v) is 5.43. The second-order valence-corrected chi connectivity index (χ2v) is 9.79. The van der Waals surface area contributed by atoms with Crippen LogP contribution in [0.1, 0.15) is 17.2 Å². The summed E-state index contributed by atoms with van der Waals surface area (Å²) in [5.41, 5.74) is 2.66. The van der Waals surface area contributed by atoms with Crippen molar-refractivity contribution in [2.24, 2.45) is 0 Å². The Balaban J connectivity index is 0.000000331. The van der Waals surface area contributed by atoms with E-state index in [4.69, 9.17) is 10.2 Å². The van der Waals surface area contributed by atoms with Crippen molar-refractivity contribution in [3.05, 3.63) is 65.5 Å². The molecule has 2 aliphatic rings. The molecule has 2 N–H and O–H groups in total. The van der Waals surface area contributed by atoms with Gasteiger partial charge >= 0.3 is 11.9 Å². The highest BCUT2D eigenvalue weighted by Gasteiger charge is 2.29. The summed E-state index contributed by atoms with van der Waals surface area (Å²) >= 11 is 3.51. The third kappa shape index (κ3) is 7.07. The molecule has 1 fully saturated rings. The van der Waals surface area contributed by atoms with E-state index in [1.54, 1.807) is 35.7 Å². The molecule has 2 aliphatic heterocycles. The van der Waals surface area contributed by atoms with Crippen molar-refractivity contribution in [2.75, 3.05) is 39.5 Å². The summed E-state index contributed by atoms with van der Waals surface area (Å²) in [5.74, 6) is -2.66. The van der Waals surface area contributed by atoms with Crippen LogP contribution in [0.2, 0.25) is 0 Å². The molecule has 1 saturated heterocycles. The average Bonchev–Trinajstić information content (AvgIpc) is 2.94. The first-order chi connectivity index (χ1) is 15.8. The number of hydrogen-bond donors (Lipinski definition) is 2. The van der Waals surface area contributed by atoms with Gasteiger partial charge < -0.3 is 15.1 Å². The fraction of sp³-hybridized carbons (Fsp3) is 0.333. The Bertz CT molecular complexity index is 1020. The number of benzene rings is 2. The molecule has 0 saturated carbocycles. The van der Waals surface area contributed by atoms with Gasteiger partial charge in [0.05, 0.1) is 0 Å². The molecular formula is C24H27FN2O4S2. The van der Waals surface area contributed by atoms with Crippen LogP contribution in [-0.4, -0.2) is 71.4 Å². The van der Waals surface area contributed by atoms with Crippen molar-refractivity contribution < 1.29 is 24.2 Å². The maximum Gasteiger partial charge on any atom is 0.328 e. The minimum absolute atomic E-state index is 0.147. The van der Waals surface area contributed by atoms with Crippen LogP contribution in [0, 0.1) is 5.82 Å². The number of hydrogen-bond acceptors (Lipinski definition) is 6. The Labute approximate surface area is 201 Å². The molecule has 0 aliphatic carbocycles. The summed E-state index contributed by atoms with van der Waals surface area (Å²) in [6.07, 6.45) is 4.20. The summed E-state index contributed by atoms with van der Waals surface area (Å²) in [7, 11) is 2.19. The van der Waals surface area contributed by atoms with E-state index in [0.717, 1.165) is 37.5 Å². The van der Waals surface area contributed by atoms with Gasteiger partial charge in [-0.05, 0) is 61.2 Å². The Kier molecular flexibility index (Phi) is 8.96. The molecule has 0 aromatic heterocycles. The van der Waals surface area contributed by atoms with Gasteiger partial charge in [0.15, 0.2) is 0 Å². The number of likely N-dealkylation sites (N-methyl/N-ethyl adjacent to an activating group) is 1. The van der Waals surface area contributed by atoms with E-state index in [9.17, 15) is 14.0 Å². The molecule has 0 radical (unpaired) electrons. The zero-order valence-electron chi connectivity index (χ0n) is 18.5. The van der Waals surface area contributed by atoms with Gasteiger partial charge in [-0.25, -0.2) is 14.0 Å². The highest BCUT2D eigenvalue weighted by atomic mass is 32.2. The van der Waals surface area contributed by atoms with Gasteiger partial charge in [-0.3, -0.25) is 4.90 Å². The number of carboxylic acids is 2. The number of aliphatic carboxylic acids is 2. The van der Waals surface area contributed by atoms with Crippen LogP contribution >= 0.6 is 23.5 Å². The molecule has 9 heteroatoms. The van der Waals surface area contributed by atoms with Gasteiger partial charge in [-0.1, -0.05) is 17.8 Å². The van der Waals surface area contributed by atoms with E-state index in [1.807, 2.05) is 6.07 Å². The highest BCUT2D eigenvalue weighted by Crippen LogP contribution is 2.44. The molecule has 0 amide bonds. The second kappa shape index (κ2) is 11.7. The van der Waals surface area contributed by atoms with E-state index < -0.39 is 11.9 Å². The van der Waals surface area contributed by atoms with Crippen LogP contribution in [0.25, 0.3) is 0 Å². The quantitative estimate of drug-likeness (QED) is 0.486. The number of halogens is 1. The number of piperazine rings is 1. The molecule has 4 rings (SSSR count). The molecule has 6 nitrogen and oxygen atoms in total. The molecule has 2 heterocycles. The first-order valence-corrected chi connectivity index (χ1v) is 12.5. The number of carboxylic acid groups (broad SMARTS) is 2. The molecule has 0 spiro atoms. The molecule has 0 bridgehead atoms. The molecule has 33 heavy (non-hydrogen) atoms. The SMILES string of the molecule is CSc1ccc2c(c1)C(N1CCN(C)CC1)Cc1ccc(F)cc1S2.O=C(O)C=CC(=O)O. The van der Waals surface area contributed by atoms with E-state index in [-0.39, 0.29) is 5.82 Å². The summed E-state index contributed by atoms with van der Waals surface area (Å²) < 4.78 is 13.8. The van der Waals surface area contributed by atoms with Crippen molar-refractivity contribution in [3.63, 3.8) is 0 Å². The molecular weight excluding hydrogens is 463 g/mol. The maximum absolute atomic E-state index is 13.8. The van der Waals surface area contributed by atoms with Crippen LogP contribution in [0.4, 0.5) is 4.39 Å². The monoisotopic (exact) mass is 490 g/mol. The normalized spacial score (nSPS) is 18.6. The largest absolute Gasteiger partial charge is 0.478 e. The van der Waals surface area contributed by atoms with Gasteiger partial charge in [-0.2, -0.15) is 0 Å². The van der Waals surface area contributed by atoms with Gasteiger partial charge in [0.1, 0.15) is 5.82 Å². The lowest BCUT2D eigenvalue weighted by Gasteiger charge is -2.38. The van der Waals surface area contributed by atoms with Crippen LogP contribution in [0.5, 0.6) is 0 Å². The third-order valence-electron chi connectivity index (χ3n) is 5.59. The average molecular weight is 491 g/mol. The first-order valence-electron chi connectivity index (χ1n) is 10.5. The zero-order chi connectivity index (χ0) is 24.0. The van der Waals surface area contributed by atoms with Crippen molar-refractivity contribution in [2.45, 2.75) is 27.1 Å². The molecule has 2 aromatic rings. The summed E-state index contributed by atoms with van der Waals surface area (Å²) in [4.78, 5) is 27.7. The van der Waals surface area contributed by atoms with Crippen LogP contribution < -0.4 is 0 Å². The second-order valence-electron chi connectivity index (χ2n) is 7.83. The fourth-order valence-electron chi connectivity index (χ4n) is 3.84. The van der Waals surface area contributed by atoms with Crippen LogP contribution in [0.3, 0.4) is 0 Å². The van der Waals surface area contributed by atoms with Gasteiger partial charge in [-0.15, -0.1) is 11.8 Å². The first kappa shape index (κ1) is 25.3. The van der Waals surface area contributed by atoms with Crippen molar-refractivity contribution in [1.29, 1.82) is 0 Å². The molecule has 1 unspecified atom stereocenters. The van der Waals surface area contributed by atoms with Gasteiger partial charge in [0.2, 0.25) is 0 Å². The summed E-state index contributed by atoms with van der Waals surface area (Å²) in [5, 5.41) is 15.6.